The maximum atomic E-state index is 5.78. The highest BCUT2D eigenvalue weighted by atomic mass is 16.5. The number of ether oxygens (including phenoxy) is 1. The topological polar surface area (TPSA) is 53.1 Å². The van der Waals surface area contributed by atoms with Crippen LogP contribution in [0.3, 0.4) is 0 Å². The van der Waals surface area contributed by atoms with Gasteiger partial charge in [0.1, 0.15) is 5.82 Å². The van der Waals surface area contributed by atoms with Gasteiger partial charge in [-0.2, -0.15) is 5.10 Å². The van der Waals surface area contributed by atoms with Crippen LogP contribution in [0.1, 0.15) is 18.6 Å². The van der Waals surface area contributed by atoms with Crippen LogP contribution in [-0.2, 0) is 11.8 Å². The monoisotopic (exact) mass is 231 g/mol. The molecule has 1 heterocycles. The van der Waals surface area contributed by atoms with Crippen molar-refractivity contribution in [2.45, 2.75) is 13.0 Å². The molecule has 2 rings (SSSR count). The van der Waals surface area contributed by atoms with Crippen molar-refractivity contribution in [3.63, 3.8) is 0 Å². The Labute approximate surface area is 101 Å². The number of benzene rings is 1. The lowest BCUT2D eigenvalue weighted by Crippen LogP contribution is -1.97. The molecule has 0 aliphatic carbocycles. The van der Waals surface area contributed by atoms with Gasteiger partial charge >= 0.3 is 0 Å². The average molecular weight is 231 g/mol. The second kappa shape index (κ2) is 4.59. The Balaban J connectivity index is 2.39. The first-order chi connectivity index (χ1) is 8.11. The minimum atomic E-state index is 0.0796. The molecule has 4 nitrogen and oxygen atoms in total. The quantitative estimate of drug-likeness (QED) is 0.882. The zero-order chi connectivity index (χ0) is 12.4. The maximum absolute atomic E-state index is 5.78. The summed E-state index contributed by atoms with van der Waals surface area (Å²) in [5.41, 5.74) is 8.85. The van der Waals surface area contributed by atoms with E-state index in [1.54, 1.807) is 11.8 Å². The molecule has 4 heteroatoms. The smallest absolute Gasteiger partial charge is 0.121 e. The second-order valence-corrected chi connectivity index (χ2v) is 4.08. The molecular formula is C13H17N3O. The third-order valence-corrected chi connectivity index (χ3v) is 2.92. The molecule has 17 heavy (non-hydrogen) atoms. The minimum absolute atomic E-state index is 0.0796. The summed E-state index contributed by atoms with van der Waals surface area (Å²) in [6.45, 7) is 2.02. The first-order valence-corrected chi connectivity index (χ1v) is 5.54. The maximum Gasteiger partial charge on any atom is 0.121 e. The highest BCUT2D eigenvalue weighted by Gasteiger charge is 2.08. The van der Waals surface area contributed by atoms with Crippen LogP contribution in [0.25, 0.3) is 11.3 Å². The fourth-order valence-corrected chi connectivity index (χ4v) is 1.71. The molecule has 0 amide bonds. The number of anilines is 1. The lowest BCUT2D eigenvalue weighted by Gasteiger charge is -2.10. The van der Waals surface area contributed by atoms with Crippen LogP contribution in [0.15, 0.2) is 30.3 Å². The molecule has 1 unspecified atom stereocenters. The van der Waals surface area contributed by atoms with Gasteiger partial charge in [0.05, 0.1) is 11.8 Å². The van der Waals surface area contributed by atoms with Crippen molar-refractivity contribution in [1.82, 2.24) is 9.78 Å². The van der Waals surface area contributed by atoms with Crippen LogP contribution in [0.2, 0.25) is 0 Å². The van der Waals surface area contributed by atoms with E-state index < -0.39 is 0 Å². The summed E-state index contributed by atoms with van der Waals surface area (Å²) in [7, 11) is 3.54. The van der Waals surface area contributed by atoms with Crippen molar-refractivity contribution < 1.29 is 4.74 Å². The standard InChI is InChI=1S/C13H17N3O/c1-9(17-3)10-5-4-6-11(7-10)12-8-13(14)16(2)15-12/h4-9H,14H2,1-3H3. The van der Waals surface area contributed by atoms with E-state index in [4.69, 9.17) is 10.5 Å². The Bertz CT molecular complexity index is 500. The number of aromatic nitrogens is 2. The number of nitrogens with two attached hydrogens (primary N) is 1. The SMILES string of the molecule is COC(C)c1cccc(-c2cc(N)n(C)n2)c1. The van der Waals surface area contributed by atoms with E-state index in [0.717, 1.165) is 16.8 Å². The number of aryl methyl sites for hydroxylation is 1. The molecule has 0 aliphatic heterocycles. The van der Waals surface area contributed by atoms with Crippen molar-refractivity contribution in [1.29, 1.82) is 0 Å². The van der Waals surface area contributed by atoms with Crippen LogP contribution < -0.4 is 5.73 Å². The molecule has 1 atom stereocenters. The zero-order valence-electron chi connectivity index (χ0n) is 10.3. The van der Waals surface area contributed by atoms with E-state index in [0.29, 0.717) is 5.82 Å². The highest BCUT2D eigenvalue weighted by Crippen LogP contribution is 2.24. The average Bonchev–Trinajstić information content (AvgIpc) is 2.69. The van der Waals surface area contributed by atoms with Gasteiger partial charge < -0.3 is 10.5 Å². The molecule has 1 aromatic carbocycles. The predicted octanol–water partition coefficient (Wildman–Crippen LogP) is 2.38. The summed E-state index contributed by atoms with van der Waals surface area (Å²) in [4.78, 5) is 0. The molecule has 0 radical (unpaired) electrons. The molecular weight excluding hydrogens is 214 g/mol. The van der Waals surface area contributed by atoms with Gasteiger partial charge in [-0.25, -0.2) is 0 Å². The van der Waals surface area contributed by atoms with Crippen molar-refractivity contribution >= 4 is 5.82 Å². The molecule has 0 fully saturated rings. The summed E-state index contributed by atoms with van der Waals surface area (Å²) in [6.07, 6.45) is 0.0796. The summed E-state index contributed by atoms with van der Waals surface area (Å²) < 4.78 is 6.97. The normalized spacial score (nSPS) is 12.6. The van der Waals surface area contributed by atoms with Gasteiger partial charge in [0.15, 0.2) is 0 Å². The lowest BCUT2D eigenvalue weighted by atomic mass is 10.1. The molecule has 1 aromatic heterocycles. The second-order valence-electron chi connectivity index (χ2n) is 4.08. The van der Waals surface area contributed by atoms with Crippen molar-refractivity contribution in [2.24, 2.45) is 7.05 Å². The number of methoxy groups -OCH3 is 1. The molecule has 0 saturated heterocycles. The fraction of sp³-hybridized carbons (Fsp3) is 0.308. The van der Waals surface area contributed by atoms with E-state index in [1.807, 2.05) is 38.2 Å². The van der Waals surface area contributed by atoms with Crippen LogP contribution in [0.5, 0.6) is 0 Å². The fourth-order valence-electron chi connectivity index (χ4n) is 1.71. The first kappa shape index (κ1) is 11.7. The van der Waals surface area contributed by atoms with E-state index in [1.165, 1.54) is 0 Å². The third-order valence-electron chi connectivity index (χ3n) is 2.92. The van der Waals surface area contributed by atoms with E-state index in [9.17, 15) is 0 Å². The summed E-state index contributed by atoms with van der Waals surface area (Å²) in [6, 6.07) is 10.0. The molecule has 0 aliphatic rings. The summed E-state index contributed by atoms with van der Waals surface area (Å²) in [5, 5.41) is 4.36. The number of rotatable bonds is 3. The van der Waals surface area contributed by atoms with Gasteiger partial charge in [-0.05, 0) is 18.6 Å². The first-order valence-electron chi connectivity index (χ1n) is 5.54. The molecule has 0 saturated carbocycles. The molecule has 0 spiro atoms. The Morgan fingerprint density at radius 2 is 2.12 bits per heavy atom. The van der Waals surface area contributed by atoms with Crippen LogP contribution in [0, 0.1) is 0 Å². The minimum Gasteiger partial charge on any atom is -0.384 e. The largest absolute Gasteiger partial charge is 0.384 e. The van der Waals surface area contributed by atoms with Crippen molar-refractivity contribution in [3.8, 4) is 11.3 Å². The van der Waals surface area contributed by atoms with E-state index in [2.05, 4.69) is 11.2 Å². The number of nitrogens with zero attached hydrogens (tertiary/aromatic N) is 2. The Morgan fingerprint density at radius 1 is 1.35 bits per heavy atom. The van der Waals surface area contributed by atoms with Gasteiger partial charge in [0.25, 0.3) is 0 Å². The Morgan fingerprint density at radius 3 is 2.71 bits per heavy atom. The predicted molar refractivity (Wildman–Crippen MR) is 68.5 cm³/mol. The Kier molecular flexibility index (Phi) is 3.15. The molecule has 0 bridgehead atoms. The van der Waals surface area contributed by atoms with Crippen molar-refractivity contribution in [2.75, 3.05) is 12.8 Å². The Hall–Kier alpha value is -1.81. The van der Waals surface area contributed by atoms with Crippen LogP contribution in [-0.4, -0.2) is 16.9 Å². The molecule has 2 N–H and O–H groups in total. The van der Waals surface area contributed by atoms with Crippen molar-refractivity contribution in [3.05, 3.63) is 35.9 Å². The third kappa shape index (κ3) is 2.31. The van der Waals surface area contributed by atoms with Gasteiger partial charge in [-0.1, -0.05) is 18.2 Å². The van der Waals surface area contributed by atoms with Gasteiger partial charge in [0.2, 0.25) is 0 Å². The highest BCUT2D eigenvalue weighted by molar-refractivity contribution is 5.63. The van der Waals surface area contributed by atoms with E-state index >= 15 is 0 Å². The summed E-state index contributed by atoms with van der Waals surface area (Å²) in [5.74, 6) is 0.658. The van der Waals surface area contributed by atoms with E-state index in [-0.39, 0.29) is 6.10 Å². The number of hydrogen-bond acceptors (Lipinski definition) is 3. The van der Waals surface area contributed by atoms with Crippen LogP contribution in [0.4, 0.5) is 5.82 Å². The lowest BCUT2D eigenvalue weighted by molar-refractivity contribution is 0.119. The van der Waals surface area contributed by atoms with Crippen LogP contribution >= 0.6 is 0 Å². The summed E-state index contributed by atoms with van der Waals surface area (Å²) >= 11 is 0. The molecule has 2 aromatic rings. The van der Waals surface area contributed by atoms with Gasteiger partial charge in [0, 0.05) is 25.8 Å². The molecule has 90 valence electrons. The van der Waals surface area contributed by atoms with Gasteiger partial charge in [-0.15, -0.1) is 0 Å². The zero-order valence-corrected chi connectivity index (χ0v) is 10.3. The number of nitrogen functional groups attached to an aromatic ring is 1. The van der Waals surface area contributed by atoms with Gasteiger partial charge in [-0.3, -0.25) is 4.68 Å². The number of hydrogen-bond donors (Lipinski definition) is 1.